The van der Waals surface area contributed by atoms with Gasteiger partial charge in [0, 0.05) is 30.4 Å². The maximum absolute atomic E-state index is 9.63. The molecule has 0 spiro atoms. The molecule has 2 atom stereocenters. The van der Waals surface area contributed by atoms with E-state index in [-0.39, 0.29) is 18.2 Å². The summed E-state index contributed by atoms with van der Waals surface area (Å²) in [6.07, 6.45) is 2.96. The van der Waals surface area contributed by atoms with E-state index in [0.29, 0.717) is 5.92 Å². The maximum Gasteiger partial charge on any atom is 0.133 e. The van der Waals surface area contributed by atoms with Gasteiger partial charge in [0.15, 0.2) is 0 Å². The summed E-state index contributed by atoms with van der Waals surface area (Å²) in [4.78, 5) is 6.84. The van der Waals surface area contributed by atoms with Crippen molar-refractivity contribution in [1.29, 1.82) is 0 Å². The van der Waals surface area contributed by atoms with Crippen LogP contribution in [0, 0.1) is 5.92 Å². The number of hydrogen-bond donors (Lipinski definition) is 2. The zero-order chi connectivity index (χ0) is 14.8. The number of nitrogens with zero attached hydrogens (tertiary/aromatic N) is 2. The van der Waals surface area contributed by atoms with Crippen molar-refractivity contribution >= 4 is 5.82 Å². The van der Waals surface area contributed by atoms with Crippen LogP contribution in [0.5, 0.6) is 0 Å². The minimum absolute atomic E-state index is 0.0851. The average molecular weight is 277 g/mol. The fourth-order valence-corrected chi connectivity index (χ4v) is 2.74. The summed E-state index contributed by atoms with van der Waals surface area (Å²) in [6.45, 7) is 10.7. The van der Waals surface area contributed by atoms with E-state index >= 15 is 0 Å². The highest BCUT2D eigenvalue weighted by Crippen LogP contribution is 2.30. The number of pyridine rings is 1. The monoisotopic (exact) mass is 277 g/mol. The van der Waals surface area contributed by atoms with Gasteiger partial charge in [-0.05, 0) is 39.2 Å². The van der Waals surface area contributed by atoms with Crippen molar-refractivity contribution in [3.63, 3.8) is 0 Å². The molecule has 1 aromatic rings. The van der Waals surface area contributed by atoms with E-state index in [2.05, 4.69) is 49.0 Å². The minimum atomic E-state index is 0.0851. The molecule has 0 bridgehead atoms. The first kappa shape index (κ1) is 15.3. The van der Waals surface area contributed by atoms with Gasteiger partial charge in [0.05, 0.1) is 12.6 Å². The van der Waals surface area contributed by atoms with Crippen LogP contribution < -0.4 is 10.2 Å². The molecule has 1 fully saturated rings. The first-order valence-electron chi connectivity index (χ1n) is 7.49. The molecule has 4 nitrogen and oxygen atoms in total. The molecule has 2 rings (SSSR count). The number of aliphatic hydroxyl groups is 1. The van der Waals surface area contributed by atoms with Gasteiger partial charge in [0.2, 0.25) is 0 Å². The van der Waals surface area contributed by atoms with Gasteiger partial charge in [0.25, 0.3) is 0 Å². The summed E-state index contributed by atoms with van der Waals surface area (Å²) in [6, 6.07) is 4.30. The molecule has 1 aromatic heterocycles. The zero-order valence-electron chi connectivity index (χ0n) is 13.1. The summed E-state index contributed by atoms with van der Waals surface area (Å²) < 4.78 is 0. The fourth-order valence-electron chi connectivity index (χ4n) is 2.74. The van der Waals surface area contributed by atoms with Gasteiger partial charge in [0.1, 0.15) is 5.82 Å². The van der Waals surface area contributed by atoms with Gasteiger partial charge >= 0.3 is 0 Å². The van der Waals surface area contributed by atoms with Crippen LogP contribution in [0.1, 0.15) is 39.7 Å². The lowest BCUT2D eigenvalue weighted by Gasteiger charge is -2.29. The Kier molecular flexibility index (Phi) is 4.66. The molecule has 0 aromatic carbocycles. The van der Waals surface area contributed by atoms with E-state index in [1.54, 1.807) is 0 Å². The number of nitrogens with one attached hydrogen (secondary N) is 1. The molecule has 2 N–H and O–H groups in total. The van der Waals surface area contributed by atoms with E-state index in [1.807, 2.05) is 12.3 Å². The molecule has 112 valence electrons. The molecular weight excluding hydrogens is 250 g/mol. The lowest BCUT2D eigenvalue weighted by Crippen LogP contribution is -2.38. The molecular formula is C16H27N3O. The minimum Gasteiger partial charge on any atom is -0.394 e. The van der Waals surface area contributed by atoms with Crippen LogP contribution in [-0.2, 0) is 6.54 Å². The Labute approximate surface area is 122 Å². The third-order valence-corrected chi connectivity index (χ3v) is 4.02. The molecule has 0 radical (unpaired) electrons. The second kappa shape index (κ2) is 6.10. The van der Waals surface area contributed by atoms with E-state index in [1.165, 1.54) is 5.56 Å². The van der Waals surface area contributed by atoms with Crippen molar-refractivity contribution in [2.24, 2.45) is 5.92 Å². The van der Waals surface area contributed by atoms with Crippen LogP contribution in [0.2, 0.25) is 0 Å². The molecule has 4 heteroatoms. The smallest absolute Gasteiger partial charge is 0.133 e. The highest BCUT2D eigenvalue weighted by atomic mass is 16.3. The Morgan fingerprint density at radius 3 is 2.85 bits per heavy atom. The molecule has 2 heterocycles. The summed E-state index contributed by atoms with van der Waals surface area (Å²) in [5, 5.41) is 13.2. The Hall–Kier alpha value is -1.13. The standard InChI is InChI=1S/C16H27N3O/c1-12-7-9-19(14(12)11-20)15-13(6-5-8-17-15)10-18-16(2,3)4/h5-6,8,12,14,18,20H,7,9-11H2,1-4H3. The predicted molar refractivity (Wildman–Crippen MR) is 82.8 cm³/mol. The molecule has 20 heavy (non-hydrogen) atoms. The highest BCUT2D eigenvalue weighted by molar-refractivity contribution is 5.49. The number of rotatable bonds is 4. The summed E-state index contributed by atoms with van der Waals surface area (Å²) in [7, 11) is 0. The van der Waals surface area contributed by atoms with Crippen LogP contribution in [0.4, 0.5) is 5.82 Å². The average Bonchev–Trinajstić information content (AvgIpc) is 2.77. The first-order valence-corrected chi connectivity index (χ1v) is 7.49. The van der Waals surface area contributed by atoms with Gasteiger partial charge < -0.3 is 15.3 Å². The van der Waals surface area contributed by atoms with E-state index in [0.717, 1.165) is 25.3 Å². The Bertz CT molecular complexity index is 442. The van der Waals surface area contributed by atoms with Crippen LogP contribution in [0.25, 0.3) is 0 Å². The molecule has 0 aliphatic carbocycles. The second-order valence-electron chi connectivity index (χ2n) is 6.80. The molecule has 1 aliphatic rings. The van der Waals surface area contributed by atoms with Gasteiger partial charge in [-0.2, -0.15) is 0 Å². The summed E-state index contributed by atoms with van der Waals surface area (Å²) in [5.41, 5.74) is 1.29. The normalized spacial score (nSPS) is 23.4. The lowest BCUT2D eigenvalue weighted by atomic mass is 10.0. The first-order chi connectivity index (χ1) is 9.42. The van der Waals surface area contributed by atoms with Gasteiger partial charge in [-0.3, -0.25) is 0 Å². The number of aromatic nitrogens is 1. The van der Waals surface area contributed by atoms with Crippen molar-refractivity contribution < 1.29 is 5.11 Å². The molecule has 0 amide bonds. The quantitative estimate of drug-likeness (QED) is 0.885. The molecule has 1 aliphatic heterocycles. The Morgan fingerprint density at radius 1 is 1.45 bits per heavy atom. The number of aliphatic hydroxyl groups excluding tert-OH is 1. The Balaban J connectivity index is 2.19. The zero-order valence-corrected chi connectivity index (χ0v) is 13.1. The van der Waals surface area contributed by atoms with Crippen LogP contribution >= 0.6 is 0 Å². The van der Waals surface area contributed by atoms with Crippen molar-refractivity contribution in [1.82, 2.24) is 10.3 Å². The summed E-state index contributed by atoms with van der Waals surface area (Å²) in [5.74, 6) is 1.54. The maximum atomic E-state index is 9.63. The highest BCUT2D eigenvalue weighted by Gasteiger charge is 2.32. The van der Waals surface area contributed by atoms with Crippen LogP contribution in [-0.4, -0.2) is 34.8 Å². The topological polar surface area (TPSA) is 48.4 Å². The number of anilines is 1. The van der Waals surface area contributed by atoms with Gasteiger partial charge in [-0.25, -0.2) is 4.98 Å². The molecule has 1 saturated heterocycles. The Morgan fingerprint density at radius 2 is 2.20 bits per heavy atom. The fraction of sp³-hybridized carbons (Fsp3) is 0.688. The van der Waals surface area contributed by atoms with Crippen molar-refractivity contribution in [3.05, 3.63) is 23.9 Å². The lowest BCUT2D eigenvalue weighted by molar-refractivity contribution is 0.244. The van der Waals surface area contributed by atoms with Crippen molar-refractivity contribution in [2.75, 3.05) is 18.1 Å². The van der Waals surface area contributed by atoms with E-state index in [9.17, 15) is 5.11 Å². The van der Waals surface area contributed by atoms with E-state index in [4.69, 9.17) is 0 Å². The predicted octanol–water partition coefficient (Wildman–Crippen LogP) is 2.18. The third kappa shape index (κ3) is 3.49. The van der Waals surface area contributed by atoms with Gasteiger partial charge in [-0.1, -0.05) is 13.0 Å². The molecule has 0 saturated carbocycles. The van der Waals surface area contributed by atoms with Gasteiger partial charge in [-0.15, -0.1) is 0 Å². The third-order valence-electron chi connectivity index (χ3n) is 4.02. The van der Waals surface area contributed by atoms with Crippen LogP contribution in [0.3, 0.4) is 0 Å². The number of hydrogen-bond acceptors (Lipinski definition) is 4. The van der Waals surface area contributed by atoms with Crippen molar-refractivity contribution in [3.8, 4) is 0 Å². The van der Waals surface area contributed by atoms with Crippen LogP contribution in [0.15, 0.2) is 18.3 Å². The van der Waals surface area contributed by atoms with E-state index < -0.39 is 0 Å². The largest absolute Gasteiger partial charge is 0.394 e. The van der Waals surface area contributed by atoms with Crippen molar-refractivity contribution in [2.45, 2.75) is 52.2 Å². The second-order valence-corrected chi connectivity index (χ2v) is 6.80. The SMILES string of the molecule is CC1CCN(c2ncccc2CNC(C)(C)C)C1CO. The summed E-state index contributed by atoms with van der Waals surface area (Å²) >= 11 is 0. The molecule has 2 unspecified atom stereocenters.